The van der Waals surface area contributed by atoms with Crippen molar-refractivity contribution in [2.75, 3.05) is 0 Å². The van der Waals surface area contributed by atoms with Crippen LogP contribution in [0.25, 0.3) is 0 Å². The summed E-state index contributed by atoms with van der Waals surface area (Å²) in [7, 11) is 0. The van der Waals surface area contributed by atoms with Gasteiger partial charge in [-0.1, -0.05) is 102 Å². The second kappa shape index (κ2) is 12.2. The van der Waals surface area contributed by atoms with Gasteiger partial charge in [0.2, 0.25) is 0 Å². The second-order valence-electron chi connectivity index (χ2n) is 8.08. The Kier molecular flexibility index (Phi) is 9.90. The normalized spacial score (nSPS) is 18.6. The van der Waals surface area contributed by atoms with Gasteiger partial charge in [-0.2, -0.15) is 0 Å². The molecule has 1 aromatic rings. The van der Waals surface area contributed by atoms with Crippen LogP contribution in [-0.2, 0) is 4.74 Å². The number of epoxide rings is 1. The van der Waals surface area contributed by atoms with E-state index < -0.39 is 5.97 Å². The molecule has 3 nitrogen and oxygen atoms in total. The molecule has 3 heteroatoms. The van der Waals surface area contributed by atoms with Gasteiger partial charge in [-0.3, -0.25) is 0 Å². The number of aromatic carboxylic acids is 1. The molecule has 1 aliphatic heterocycles. The van der Waals surface area contributed by atoms with Crippen LogP contribution < -0.4 is 5.11 Å². The molecular formula is C24H37O3-. The van der Waals surface area contributed by atoms with Gasteiger partial charge in [-0.05, 0) is 24.5 Å². The summed E-state index contributed by atoms with van der Waals surface area (Å²) in [5, 5.41) is 11.1. The maximum absolute atomic E-state index is 11.1. The zero-order valence-corrected chi connectivity index (χ0v) is 17.3. The molecule has 0 aliphatic carbocycles. The third-order valence-corrected chi connectivity index (χ3v) is 5.83. The molecule has 2 rings (SSSR count). The lowest BCUT2D eigenvalue weighted by atomic mass is 9.97. The number of hydrogen-bond donors (Lipinski definition) is 0. The van der Waals surface area contributed by atoms with Gasteiger partial charge in [0.15, 0.2) is 0 Å². The molecular weight excluding hydrogens is 336 g/mol. The SMILES string of the molecule is CCCCCCCCCCCCCCC1OC1c1cccc(C(=O)[O-])c1C. The highest BCUT2D eigenvalue weighted by Gasteiger charge is 2.40. The van der Waals surface area contributed by atoms with Gasteiger partial charge in [0.25, 0.3) is 0 Å². The molecule has 27 heavy (non-hydrogen) atoms. The lowest BCUT2D eigenvalue weighted by molar-refractivity contribution is -0.255. The predicted octanol–water partition coefficient (Wildman–Crippen LogP) is 5.89. The van der Waals surface area contributed by atoms with Crippen LogP contribution in [0.15, 0.2) is 18.2 Å². The largest absolute Gasteiger partial charge is 0.545 e. The highest BCUT2D eigenvalue weighted by Crippen LogP contribution is 2.43. The molecule has 1 fully saturated rings. The molecule has 0 amide bonds. The first kappa shape index (κ1) is 21.9. The first-order valence-electron chi connectivity index (χ1n) is 11.1. The first-order chi connectivity index (χ1) is 13.1. The van der Waals surface area contributed by atoms with Gasteiger partial charge in [0.05, 0.1) is 12.1 Å². The number of benzene rings is 1. The lowest BCUT2D eigenvalue weighted by Gasteiger charge is -2.10. The van der Waals surface area contributed by atoms with Gasteiger partial charge in [0.1, 0.15) is 6.10 Å². The molecule has 1 saturated heterocycles. The Morgan fingerprint density at radius 2 is 1.48 bits per heavy atom. The molecule has 0 N–H and O–H groups in total. The van der Waals surface area contributed by atoms with Crippen LogP contribution in [0, 0.1) is 6.92 Å². The number of unbranched alkanes of at least 4 members (excludes halogenated alkanes) is 11. The fraction of sp³-hybridized carbons (Fsp3) is 0.708. The maximum Gasteiger partial charge on any atom is 0.109 e. The minimum absolute atomic E-state index is 0.0806. The fourth-order valence-corrected chi connectivity index (χ4v) is 4.01. The van der Waals surface area contributed by atoms with E-state index in [0.717, 1.165) is 17.5 Å². The minimum Gasteiger partial charge on any atom is -0.545 e. The summed E-state index contributed by atoms with van der Waals surface area (Å²) in [6.07, 6.45) is 17.8. The number of carboxylic acid groups (broad SMARTS) is 1. The maximum atomic E-state index is 11.1. The van der Waals surface area contributed by atoms with Crippen molar-refractivity contribution in [2.45, 2.75) is 110 Å². The monoisotopic (exact) mass is 373 g/mol. The summed E-state index contributed by atoms with van der Waals surface area (Å²) in [4.78, 5) is 11.1. The van der Waals surface area contributed by atoms with Crippen molar-refractivity contribution in [1.82, 2.24) is 0 Å². The van der Waals surface area contributed by atoms with Crippen molar-refractivity contribution in [2.24, 2.45) is 0 Å². The van der Waals surface area contributed by atoms with Crippen LogP contribution in [-0.4, -0.2) is 12.1 Å². The number of hydrogen-bond acceptors (Lipinski definition) is 3. The summed E-state index contributed by atoms with van der Waals surface area (Å²) in [6.45, 7) is 4.12. The van der Waals surface area contributed by atoms with Gasteiger partial charge in [0, 0.05) is 5.56 Å². The lowest BCUT2D eigenvalue weighted by Crippen LogP contribution is -2.23. The molecule has 1 aliphatic rings. The first-order valence-corrected chi connectivity index (χ1v) is 11.1. The second-order valence-corrected chi connectivity index (χ2v) is 8.08. The highest BCUT2D eigenvalue weighted by molar-refractivity contribution is 5.88. The van der Waals surface area contributed by atoms with Crippen LogP contribution in [0.2, 0.25) is 0 Å². The summed E-state index contributed by atoms with van der Waals surface area (Å²) >= 11 is 0. The molecule has 1 heterocycles. The van der Waals surface area contributed by atoms with Crippen LogP contribution in [0.4, 0.5) is 0 Å². The summed E-state index contributed by atoms with van der Waals surface area (Å²) in [5.74, 6) is -1.10. The highest BCUT2D eigenvalue weighted by atomic mass is 16.6. The summed E-state index contributed by atoms with van der Waals surface area (Å²) < 4.78 is 5.81. The molecule has 0 radical (unpaired) electrons. The van der Waals surface area contributed by atoms with Gasteiger partial charge in [-0.15, -0.1) is 0 Å². The van der Waals surface area contributed by atoms with Crippen LogP contribution in [0.3, 0.4) is 0 Å². The van der Waals surface area contributed by atoms with Crippen molar-refractivity contribution in [3.63, 3.8) is 0 Å². The van der Waals surface area contributed by atoms with E-state index in [-0.39, 0.29) is 17.8 Å². The number of carbonyl (C=O) groups excluding carboxylic acids is 1. The molecule has 2 unspecified atom stereocenters. The van der Waals surface area contributed by atoms with Gasteiger partial charge < -0.3 is 14.6 Å². The molecule has 0 bridgehead atoms. The minimum atomic E-state index is -1.10. The smallest absolute Gasteiger partial charge is 0.109 e. The Hall–Kier alpha value is -1.35. The summed E-state index contributed by atoms with van der Waals surface area (Å²) in [6, 6.07) is 5.38. The molecule has 0 saturated carbocycles. The van der Waals surface area contributed by atoms with Crippen molar-refractivity contribution >= 4 is 5.97 Å². The predicted molar refractivity (Wildman–Crippen MR) is 109 cm³/mol. The Morgan fingerprint density at radius 1 is 0.926 bits per heavy atom. The molecule has 1 aromatic carbocycles. The van der Waals surface area contributed by atoms with Crippen molar-refractivity contribution < 1.29 is 14.6 Å². The number of rotatable bonds is 15. The Morgan fingerprint density at radius 3 is 2.04 bits per heavy atom. The average molecular weight is 374 g/mol. The molecule has 152 valence electrons. The fourth-order valence-electron chi connectivity index (χ4n) is 4.01. The van der Waals surface area contributed by atoms with Crippen molar-refractivity contribution in [3.05, 3.63) is 34.9 Å². The Bertz CT molecular complexity index is 567. The van der Waals surface area contributed by atoms with Crippen molar-refractivity contribution in [3.8, 4) is 0 Å². The number of carboxylic acids is 1. The zero-order chi connectivity index (χ0) is 19.5. The van der Waals surface area contributed by atoms with Crippen LogP contribution in [0.5, 0.6) is 0 Å². The summed E-state index contributed by atoms with van der Waals surface area (Å²) in [5.41, 5.74) is 2.09. The third-order valence-electron chi connectivity index (χ3n) is 5.83. The molecule has 0 spiro atoms. The van der Waals surface area contributed by atoms with E-state index in [1.54, 1.807) is 12.1 Å². The standard InChI is InChI=1S/C24H38O3/c1-3-4-5-6-7-8-9-10-11-12-13-14-18-22-23(27-22)20-16-15-17-21(19(20)2)24(25)26/h15-17,22-23H,3-14,18H2,1-2H3,(H,25,26)/p-1. The van der Waals surface area contributed by atoms with Gasteiger partial charge in [-0.25, -0.2) is 0 Å². The topological polar surface area (TPSA) is 52.7 Å². The van der Waals surface area contributed by atoms with Crippen molar-refractivity contribution in [1.29, 1.82) is 0 Å². The zero-order valence-electron chi connectivity index (χ0n) is 17.3. The average Bonchev–Trinajstić information content (AvgIpc) is 3.42. The van der Waals surface area contributed by atoms with Gasteiger partial charge >= 0.3 is 0 Å². The molecule has 2 atom stereocenters. The van der Waals surface area contributed by atoms with E-state index in [0.29, 0.717) is 0 Å². The number of ether oxygens (including phenoxy) is 1. The Labute approximate surface area is 165 Å². The van der Waals surface area contributed by atoms with E-state index in [2.05, 4.69) is 6.92 Å². The third kappa shape index (κ3) is 7.65. The quantitative estimate of drug-likeness (QED) is 0.284. The van der Waals surface area contributed by atoms with E-state index in [1.807, 2.05) is 13.0 Å². The Balaban J connectivity index is 1.49. The molecule has 0 aromatic heterocycles. The van der Waals surface area contributed by atoms with E-state index >= 15 is 0 Å². The van der Waals surface area contributed by atoms with Crippen LogP contribution >= 0.6 is 0 Å². The van der Waals surface area contributed by atoms with Crippen LogP contribution in [0.1, 0.15) is 118 Å². The number of carbonyl (C=O) groups is 1. The van der Waals surface area contributed by atoms with E-state index in [4.69, 9.17) is 4.74 Å². The van der Waals surface area contributed by atoms with E-state index in [9.17, 15) is 9.90 Å². The van der Waals surface area contributed by atoms with E-state index in [1.165, 1.54) is 77.0 Å².